The molecule has 4 aliphatic rings. The lowest BCUT2D eigenvalue weighted by atomic mass is 10.0. The van der Waals surface area contributed by atoms with Crippen molar-refractivity contribution in [1.82, 2.24) is 20.4 Å². The third kappa shape index (κ3) is 7.54. The van der Waals surface area contributed by atoms with Crippen molar-refractivity contribution in [3.8, 4) is 0 Å². The van der Waals surface area contributed by atoms with E-state index in [9.17, 15) is 29.1 Å². The molecule has 0 aromatic heterocycles. The Morgan fingerprint density at radius 2 is 1.74 bits per heavy atom. The highest BCUT2D eigenvalue weighted by Crippen LogP contribution is 2.45. The second kappa shape index (κ2) is 13.3. The number of carbonyl (C=O) groups excluding carboxylic acids is 4. The van der Waals surface area contributed by atoms with Crippen molar-refractivity contribution in [2.45, 2.75) is 108 Å². The second-order valence-corrected chi connectivity index (χ2v) is 14.3. The van der Waals surface area contributed by atoms with Crippen molar-refractivity contribution in [3.05, 3.63) is 45.5 Å². The van der Waals surface area contributed by atoms with Gasteiger partial charge in [0, 0.05) is 25.4 Å². The standard InChI is InChI=1S/C32H40Cl2N4O8/c1-31(2,3)46-29(43)35-24-10-8-6-4-5-7-9-20-14-32(20,28(41)42)36-26(39)25-13-21(17-38(25)27(24)40)45-30(44)37-15-18-11-22(33)23(34)12-19(18)16-37/h7,9,11-12,20-21,24-25H,4-6,8,10,13-17H2,1-3H3,(H,35,43)(H,36,39)(H,41,42)/t20-,21-,24-,25+,32-/m1/s1. The van der Waals surface area contributed by atoms with Crippen LogP contribution in [0.4, 0.5) is 9.59 Å². The van der Waals surface area contributed by atoms with Gasteiger partial charge in [-0.2, -0.15) is 0 Å². The molecule has 0 radical (unpaired) electrons. The van der Waals surface area contributed by atoms with Crippen molar-refractivity contribution in [1.29, 1.82) is 0 Å². The highest BCUT2D eigenvalue weighted by Gasteiger charge is 2.61. The van der Waals surface area contributed by atoms with Gasteiger partial charge in [0.25, 0.3) is 0 Å². The van der Waals surface area contributed by atoms with E-state index in [1.54, 1.807) is 32.9 Å². The molecule has 1 aromatic carbocycles. The molecular formula is C32H40Cl2N4O8. The lowest BCUT2D eigenvalue weighted by Gasteiger charge is -2.30. The highest BCUT2D eigenvalue weighted by atomic mass is 35.5. The van der Waals surface area contributed by atoms with Crippen LogP contribution in [0.15, 0.2) is 24.3 Å². The van der Waals surface area contributed by atoms with Gasteiger partial charge in [0.2, 0.25) is 11.8 Å². The molecule has 14 heteroatoms. The van der Waals surface area contributed by atoms with Crippen LogP contribution in [0.5, 0.6) is 0 Å². The fourth-order valence-corrected chi connectivity index (χ4v) is 6.71. The van der Waals surface area contributed by atoms with Gasteiger partial charge in [-0.15, -0.1) is 0 Å². The summed E-state index contributed by atoms with van der Waals surface area (Å²) in [5, 5.41) is 16.2. The minimum Gasteiger partial charge on any atom is -0.479 e. The molecule has 2 fully saturated rings. The van der Waals surface area contributed by atoms with Crippen LogP contribution in [0.25, 0.3) is 0 Å². The first kappa shape index (κ1) is 33.8. The molecule has 1 aromatic rings. The maximum atomic E-state index is 14.1. The molecular weight excluding hydrogens is 639 g/mol. The number of hydrogen-bond donors (Lipinski definition) is 3. The fraction of sp³-hybridized carbons (Fsp3) is 0.594. The van der Waals surface area contributed by atoms with Crippen LogP contribution < -0.4 is 10.6 Å². The Kier molecular flexibility index (Phi) is 9.79. The Morgan fingerprint density at radius 3 is 2.37 bits per heavy atom. The molecule has 3 aliphatic heterocycles. The first-order valence-electron chi connectivity index (χ1n) is 15.6. The number of benzene rings is 1. The number of hydrogen-bond acceptors (Lipinski definition) is 7. The average molecular weight is 680 g/mol. The van der Waals surface area contributed by atoms with E-state index in [0.29, 0.717) is 22.9 Å². The number of rotatable bonds is 3. The largest absolute Gasteiger partial charge is 0.479 e. The molecule has 1 saturated carbocycles. The Hall–Kier alpha value is -3.51. The number of carboxylic acids is 1. The third-order valence-corrected chi connectivity index (χ3v) is 9.52. The summed E-state index contributed by atoms with van der Waals surface area (Å²) in [5.41, 5.74) is -0.604. The van der Waals surface area contributed by atoms with Crippen LogP contribution in [0, 0.1) is 5.92 Å². The SMILES string of the molecule is CC(C)(C)OC(=O)N[C@@H]1CCCCCC=C[C@@H]2C[C@@]2(C(=O)O)NC(=O)[C@@H]2C[C@@H](OC(=O)N3Cc4cc(Cl)c(Cl)cc4C3)CN2C1=O. The number of carboxylic acid groups (broad SMARTS) is 1. The summed E-state index contributed by atoms with van der Waals surface area (Å²) in [6, 6.07) is 1.27. The van der Waals surface area contributed by atoms with E-state index in [-0.39, 0.29) is 38.4 Å². The molecule has 3 heterocycles. The Morgan fingerprint density at radius 1 is 1.07 bits per heavy atom. The number of allylic oxidation sites excluding steroid dienone is 1. The molecule has 250 valence electrons. The van der Waals surface area contributed by atoms with E-state index >= 15 is 0 Å². The summed E-state index contributed by atoms with van der Waals surface area (Å²) in [6.07, 6.45) is 4.91. The molecule has 1 saturated heterocycles. The number of alkyl carbamates (subject to hydrolysis) is 1. The van der Waals surface area contributed by atoms with Gasteiger partial charge in [-0.1, -0.05) is 48.2 Å². The number of fused-ring (bicyclic) bond motifs is 3. The number of amides is 4. The number of nitrogens with zero attached hydrogens (tertiary/aromatic N) is 2. The quantitative estimate of drug-likeness (QED) is 0.386. The van der Waals surface area contributed by atoms with E-state index in [2.05, 4.69) is 10.6 Å². The van der Waals surface area contributed by atoms with Gasteiger partial charge in [0.15, 0.2) is 0 Å². The molecule has 0 spiro atoms. The maximum Gasteiger partial charge on any atom is 0.410 e. The maximum absolute atomic E-state index is 14.1. The predicted molar refractivity (Wildman–Crippen MR) is 168 cm³/mol. The highest BCUT2D eigenvalue weighted by molar-refractivity contribution is 6.42. The summed E-state index contributed by atoms with van der Waals surface area (Å²) >= 11 is 12.3. The van der Waals surface area contributed by atoms with Crippen LogP contribution in [0.1, 0.15) is 76.8 Å². The van der Waals surface area contributed by atoms with Crippen molar-refractivity contribution in [3.63, 3.8) is 0 Å². The summed E-state index contributed by atoms with van der Waals surface area (Å²) in [4.78, 5) is 69.0. The van der Waals surface area contributed by atoms with Crippen LogP contribution >= 0.6 is 23.2 Å². The summed E-state index contributed by atoms with van der Waals surface area (Å²) < 4.78 is 11.2. The average Bonchev–Trinajstić information content (AvgIpc) is 3.27. The molecule has 0 bridgehead atoms. The van der Waals surface area contributed by atoms with Gasteiger partial charge in [0.05, 0.1) is 16.6 Å². The van der Waals surface area contributed by atoms with Crippen LogP contribution in [0.3, 0.4) is 0 Å². The third-order valence-electron chi connectivity index (χ3n) is 8.80. The topological polar surface area (TPSA) is 155 Å². The minimum atomic E-state index is -1.48. The first-order chi connectivity index (χ1) is 21.7. The van der Waals surface area contributed by atoms with Gasteiger partial charge in [0.1, 0.15) is 29.3 Å². The summed E-state index contributed by atoms with van der Waals surface area (Å²) in [5.74, 6) is -2.73. The Bertz CT molecular complexity index is 1410. The molecule has 0 unspecified atom stereocenters. The van der Waals surface area contributed by atoms with E-state index in [0.717, 1.165) is 30.4 Å². The molecule has 1 aliphatic carbocycles. The normalized spacial score (nSPS) is 28.2. The first-order valence-corrected chi connectivity index (χ1v) is 16.4. The van der Waals surface area contributed by atoms with E-state index in [1.165, 1.54) is 9.80 Å². The zero-order valence-corrected chi connectivity index (χ0v) is 27.7. The van der Waals surface area contributed by atoms with E-state index in [4.69, 9.17) is 32.7 Å². The van der Waals surface area contributed by atoms with Gasteiger partial charge < -0.3 is 30.1 Å². The Labute approximate surface area is 277 Å². The molecule has 3 N–H and O–H groups in total. The number of carbonyl (C=O) groups is 5. The summed E-state index contributed by atoms with van der Waals surface area (Å²) in [6.45, 7) is 5.53. The second-order valence-electron chi connectivity index (χ2n) is 13.5. The molecule has 46 heavy (non-hydrogen) atoms. The monoisotopic (exact) mass is 678 g/mol. The zero-order valence-electron chi connectivity index (χ0n) is 26.1. The van der Waals surface area contributed by atoms with Crippen molar-refractivity contribution >= 4 is 53.2 Å². The van der Waals surface area contributed by atoms with Crippen LogP contribution in [-0.4, -0.2) is 80.7 Å². The van der Waals surface area contributed by atoms with Crippen molar-refractivity contribution in [2.24, 2.45) is 5.92 Å². The number of aliphatic carboxylic acids is 1. The fourth-order valence-electron chi connectivity index (χ4n) is 6.33. The molecule has 12 nitrogen and oxygen atoms in total. The number of nitrogens with one attached hydrogen (secondary N) is 2. The minimum absolute atomic E-state index is 0.0445. The number of ether oxygens (including phenoxy) is 2. The lowest BCUT2D eigenvalue weighted by Crippen LogP contribution is -2.56. The molecule has 5 rings (SSSR count). The van der Waals surface area contributed by atoms with Crippen LogP contribution in [0.2, 0.25) is 10.0 Å². The smallest absolute Gasteiger partial charge is 0.410 e. The zero-order chi connectivity index (χ0) is 33.4. The van der Waals surface area contributed by atoms with Gasteiger partial charge in [-0.05, 0) is 69.7 Å². The summed E-state index contributed by atoms with van der Waals surface area (Å²) in [7, 11) is 0. The Balaban J connectivity index is 1.37. The van der Waals surface area contributed by atoms with Crippen molar-refractivity contribution < 1.29 is 38.6 Å². The van der Waals surface area contributed by atoms with E-state index < -0.39 is 59.3 Å². The number of halogens is 2. The van der Waals surface area contributed by atoms with E-state index in [1.807, 2.05) is 12.2 Å². The van der Waals surface area contributed by atoms with Crippen molar-refractivity contribution in [2.75, 3.05) is 6.54 Å². The van der Waals surface area contributed by atoms with Gasteiger partial charge in [-0.25, -0.2) is 14.4 Å². The lowest BCUT2D eigenvalue weighted by molar-refractivity contribution is -0.145. The van der Waals surface area contributed by atoms with Crippen LogP contribution in [-0.2, 0) is 36.9 Å². The molecule has 4 amide bonds. The predicted octanol–water partition coefficient (Wildman–Crippen LogP) is 4.79. The van der Waals surface area contributed by atoms with Gasteiger partial charge in [-0.3, -0.25) is 14.5 Å². The molecule has 5 atom stereocenters. The van der Waals surface area contributed by atoms with Gasteiger partial charge >= 0.3 is 18.2 Å².